The number of amides is 1. The number of rotatable bonds is 3. The minimum Gasteiger partial charge on any atom is -0.492 e. The first-order valence-electron chi connectivity index (χ1n) is 7.16. The Labute approximate surface area is 134 Å². The highest BCUT2D eigenvalue weighted by Crippen LogP contribution is 2.30. The van der Waals surface area contributed by atoms with Gasteiger partial charge in [-0.25, -0.2) is 0 Å². The first kappa shape index (κ1) is 14.9. The van der Waals surface area contributed by atoms with E-state index in [0.717, 1.165) is 16.9 Å². The normalized spacial score (nSPS) is 16.8. The predicted octanol–water partition coefficient (Wildman–Crippen LogP) is 2.28. The Morgan fingerprint density at radius 3 is 3.09 bits per heavy atom. The van der Waals surface area contributed by atoms with Gasteiger partial charge in [-0.3, -0.25) is 9.48 Å². The predicted molar refractivity (Wildman–Crippen MR) is 83.8 cm³/mol. The summed E-state index contributed by atoms with van der Waals surface area (Å²) in [5.41, 5.74) is 2.01. The number of benzene rings is 1. The molecule has 0 bridgehead atoms. The molecule has 0 radical (unpaired) electrons. The molecule has 1 aliphatic rings. The van der Waals surface area contributed by atoms with Crippen LogP contribution in [-0.2, 0) is 24.8 Å². The quantitative estimate of drug-likeness (QED) is 0.872. The van der Waals surface area contributed by atoms with Crippen molar-refractivity contribution in [2.24, 2.45) is 13.0 Å². The average molecular weight is 320 g/mol. The van der Waals surface area contributed by atoms with Crippen molar-refractivity contribution in [2.45, 2.75) is 13.0 Å². The molecule has 1 aliphatic heterocycles. The van der Waals surface area contributed by atoms with E-state index in [9.17, 15) is 4.79 Å². The van der Waals surface area contributed by atoms with Crippen molar-refractivity contribution >= 4 is 17.5 Å². The molecule has 1 amide bonds. The first-order valence-corrected chi connectivity index (χ1v) is 7.54. The van der Waals surface area contributed by atoms with Crippen LogP contribution in [0.5, 0.6) is 5.75 Å². The van der Waals surface area contributed by atoms with Gasteiger partial charge in [0, 0.05) is 37.4 Å². The van der Waals surface area contributed by atoms with Crippen molar-refractivity contribution in [3.05, 3.63) is 46.7 Å². The molecule has 2 aromatic rings. The van der Waals surface area contributed by atoms with E-state index in [1.54, 1.807) is 21.8 Å². The van der Waals surface area contributed by atoms with Crippen molar-refractivity contribution in [1.82, 2.24) is 14.7 Å². The topological polar surface area (TPSA) is 47.4 Å². The molecule has 22 heavy (non-hydrogen) atoms. The average Bonchev–Trinajstić information content (AvgIpc) is 2.90. The largest absolute Gasteiger partial charge is 0.492 e. The summed E-state index contributed by atoms with van der Waals surface area (Å²) in [4.78, 5) is 14.3. The Kier molecular flexibility index (Phi) is 4.07. The molecular weight excluding hydrogens is 302 g/mol. The van der Waals surface area contributed by atoms with Gasteiger partial charge in [-0.15, -0.1) is 0 Å². The summed E-state index contributed by atoms with van der Waals surface area (Å²) >= 11 is 6.02. The fourth-order valence-electron chi connectivity index (χ4n) is 2.74. The maximum Gasteiger partial charge on any atom is 0.229 e. The smallest absolute Gasteiger partial charge is 0.229 e. The summed E-state index contributed by atoms with van der Waals surface area (Å²) in [6.45, 7) is 0.955. The zero-order valence-corrected chi connectivity index (χ0v) is 13.4. The van der Waals surface area contributed by atoms with E-state index in [4.69, 9.17) is 16.3 Å². The van der Waals surface area contributed by atoms with E-state index in [1.807, 2.05) is 32.4 Å². The molecule has 0 saturated heterocycles. The van der Waals surface area contributed by atoms with Gasteiger partial charge in [0.1, 0.15) is 12.4 Å². The van der Waals surface area contributed by atoms with Gasteiger partial charge in [0.15, 0.2) is 0 Å². The Bertz CT molecular complexity index is 698. The minimum absolute atomic E-state index is 0.0782. The number of carbonyl (C=O) groups is 1. The van der Waals surface area contributed by atoms with Gasteiger partial charge in [-0.05, 0) is 30.2 Å². The zero-order chi connectivity index (χ0) is 15.7. The molecule has 1 aromatic heterocycles. The van der Waals surface area contributed by atoms with Gasteiger partial charge in [0.05, 0.1) is 12.1 Å². The van der Waals surface area contributed by atoms with Gasteiger partial charge < -0.3 is 9.64 Å². The van der Waals surface area contributed by atoms with Crippen LogP contribution < -0.4 is 4.74 Å². The zero-order valence-electron chi connectivity index (χ0n) is 12.6. The second-order valence-electron chi connectivity index (χ2n) is 5.68. The van der Waals surface area contributed by atoms with Gasteiger partial charge in [-0.1, -0.05) is 11.6 Å². The number of aryl methyl sites for hydroxylation is 1. The second kappa shape index (κ2) is 6.01. The van der Waals surface area contributed by atoms with Crippen LogP contribution in [0, 0.1) is 5.92 Å². The molecule has 0 N–H and O–H groups in total. The van der Waals surface area contributed by atoms with Gasteiger partial charge >= 0.3 is 0 Å². The van der Waals surface area contributed by atoms with Crippen molar-refractivity contribution in [1.29, 1.82) is 0 Å². The lowest BCUT2D eigenvalue weighted by atomic mass is 9.95. The lowest BCUT2D eigenvalue weighted by Gasteiger charge is -2.28. The third-order valence-corrected chi connectivity index (χ3v) is 4.07. The number of hydrogen-bond donors (Lipinski definition) is 0. The molecule has 5 nitrogen and oxygen atoms in total. The highest BCUT2D eigenvalue weighted by Gasteiger charge is 2.28. The van der Waals surface area contributed by atoms with Gasteiger partial charge in [0.25, 0.3) is 0 Å². The molecule has 0 fully saturated rings. The molecule has 116 valence electrons. The molecular formula is C16H18ClN3O2. The molecule has 0 unspecified atom stereocenters. The standard InChI is InChI=1S/C16H18ClN3O2/c1-19(8-11-7-18-20(2)9-11)16(21)13-5-12-6-14(17)3-4-15(12)22-10-13/h3-4,6-7,9,13H,5,8,10H2,1-2H3/t13-/m0/s1. The summed E-state index contributed by atoms with van der Waals surface area (Å²) in [6, 6.07) is 5.53. The molecule has 0 aliphatic carbocycles. The molecule has 1 atom stereocenters. The van der Waals surface area contributed by atoms with Crippen molar-refractivity contribution in [3.8, 4) is 5.75 Å². The Hall–Kier alpha value is -2.01. The molecule has 6 heteroatoms. The molecule has 0 saturated carbocycles. The number of halogens is 1. The fourth-order valence-corrected chi connectivity index (χ4v) is 2.93. The van der Waals surface area contributed by atoms with E-state index in [-0.39, 0.29) is 11.8 Å². The molecule has 1 aromatic carbocycles. The van der Waals surface area contributed by atoms with Crippen molar-refractivity contribution in [3.63, 3.8) is 0 Å². The number of fused-ring (bicyclic) bond motifs is 1. The van der Waals surface area contributed by atoms with Crippen LogP contribution >= 0.6 is 11.6 Å². The summed E-state index contributed by atoms with van der Waals surface area (Å²) in [5.74, 6) is 0.727. The second-order valence-corrected chi connectivity index (χ2v) is 6.12. The van der Waals surface area contributed by atoms with Crippen LogP contribution in [0.4, 0.5) is 0 Å². The summed E-state index contributed by atoms with van der Waals surface area (Å²) in [5, 5.41) is 4.79. The third kappa shape index (κ3) is 3.09. The maximum atomic E-state index is 12.6. The van der Waals surface area contributed by atoms with Crippen LogP contribution in [0.1, 0.15) is 11.1 Å². The highest BCUT2D eigenvalue weighted by molar-refractivity contribution is 6.30. The van der Waals surface area contributed by atoms with E-state index in [1.165, 1.54) is 0 Å². The maximum absolute atomic E-state index is 12.6. The number of aromatic nitrogens is 2. The van der Waals surface area contributed by atoms with Gasteiger partial charge in [0.2, 0.25) is 5.91 Å². The van der Waals surface area contributed by atoms with E-state index in [2.05, 4.69) is 5.10 Å². The number of hydrogen-bond acceptors (Lipinski definition) is 3. The molecule has 2 heterocycles. The first-order chi connectivity index (χ1) is 10.5. The Morgan fingerprint density at radius 1 is 1.55 bits per heavy atom. The number of ether oxygens (including phenoxy) is 1. The van der Waals surface area contributed by atoms with Crippen molar-refractivity contribution in [2.75, 3.05) is 13.7 Å². The van der Waals surface area contributed by atoms with Crippen molar-refractivity contribution < 1.29 is 9.53 Å². The van der Waals surface area contributed by atoms with Crippen LogP contribution in [0.2, 0.25) is 5.02 Å². The third-order valence-electron chi connectivity index (χ3n) is 3.83. The fraction of sp³-hybridized carbons (Fsp3) is 0.375. The lowest BCUT2D eigenvalue weighted by Crippen LogP contribution is -2.38. The minimum atomic E-state index is -0.173. The highest BCUT2D eigenvalue weighted by atomic mass is 35.5. The SMILES string of the molecule is CN(Cc1cnn(C)c1)C(=O)[C@@H]1COc2ccc(Cl)cc2C1. The van der Waals surface area contributed by atoms with Crippen LogP contribution in [0.3, 0.4) is 0 Å². The van der Waals surface area contributed by atoms with Gasteiger partial charge in [-0.2, -0.15) is 5.10 Å². The number of carbonyl (C=O) groups excluding carboxylic acids is 1. The summed E-state index contributed by atoms with van der Waals surface area (Å²) in [7, 11) is 3.67. The van der Waals surface area contributed by atoms with E-state index >= 15 is 0 Å². The Morgan fingerprint density at radius 2 is 2.36 bits per heavy atom. The van der Waals surface area contributed by atoms with Crippen LogP contribution in [0.25, 0.3) is 0 Å². The summed E-state index contributed by atoms with van der Waals surface area (Å²) in [6.07, 6.45) is 4.35. The van der Waals surface area contributed by atoms with E-state index < -0.39 is 0 Å². The summed E-state index contributed by atoms with van der Waals surface area (Å²) < 4.78 is 7.43. The Balaban J connectivity index is 1.68. The molecule has 3 rings (SSSR count). The number of nitrogens with zero attached hydrogens (tertiary/aromatic N) is 3. The lowest BCUT2D eigenvalue weighted by molar-refractivity contribution is -0.136. The van der Waals surface area contributed by atoms with Crippen LogP contribution in [-0.4, -0.2) is 34.2 Å². The van der Waals surface area contributed by atoms with E-state index in [0.29, 0.717) is 24.6 Å². The van der Waals surface area contributed by atoms with Crippen LogP contribution in [0.15, 0.2) is 30.6 Å². The molecule has 0 spiro atoms. The monoisotopic (exact) mass is 319 g/mol.